The molecule has 0 aromatic heterocycles. The summed E-state index contributed by atoms with van der Waals surface area (Å²) in [5.74, 6) is 2.85. The SMILES string of the molecule is CCCCCCC(CC(C)CCC)C(C)CC. The number of hydrogen-bond acceptors (Lipinski definition) is 0. The molecule has 0 aliphatic rings. The van der Waals surface area contributed by atoms with Gasteiger partial charge in [0.2, 0.25) is 0 Å². The van der Waals surface area contributed by atoms with Crippen molar-refractivity contribution in [3.63, 3.8) is 0 Å². The summed E-state index contributed by atoms with van der Waals surface area (Å²) in [4.78, 5) is 0. The molecule has 0 bridgehead atoms. The van der Waals surface area contributed by atoms with Gasteiger partial charge in [-0.3, -0.25) is 0 Å². The van der Waals surface area contributed by atoms with Crippen LogP contribution in [0.5, 0.6) is 0 Å². The van der Waals surface area contributed by atoms with Gasteiger partial charge in [-0.1, -0.05) is 86.0 Å². The van der Waals surface area contributed by atoms with Gasteiger partial charge in [-0.25, -0.2) is 0 Å². The molecule has 0 saturated heterocycles. The standard InChI is InChI=1S/C17H36/c1-6-9-10-11-13-17(16(5)8-3)14-15(4)12-7-2/h15-17H,6-14H2,1-5H3. The summed E-state index contributed by atoms with van der Waals surface area (Å²) in [7, 11) is 0. The van der Waals surface area contributed by atoms with Crippen LogP contribution in [0.2, 0.25) is 0 Å². The molecule has 3 atom stereocenters. The summed E-state index contributed by atoms with van der Waals surface area (Å²) in [6.07, 6.45) is 12.8. The van der Waals surface area contributed by atoms with Crippen molar-refractivity contribution in [2.45, 2.75) is 92.4 Å². The van der Waals surface area contributed by atoms with Gasteiger partial charge < -0.3 is 0 Å². The van der Waals surface area contributed by atoms with Crippen molar-refractivity contribution in [3.05, 3.63) is 0 Å². The fraction of sp³-hybridized carbons (Fsp3) is 1.00. The highest BCUT2D eigenvalue weighted by Gasteiger charge is 2.18. The maximum absolute atomic E-state index is 2.46. The molecule has 0 aromatic carbocycles. The van der Waals surface area contributed by atoms with Crippen molar-refractivity contribution in [2.24, 2.45) is 17.8 Å². The van der Waals surface area contributed by atoms with Crippen LogP contribution in [0.1, 0.15) is 92.4 Å². The van der Waals surface area contributed by atoms with Gasteiger partial charge in [-0.2, -0.15) is 0 Å². The normalized spacial score (nSPS) is 16.8. The lowest BCUT2D eigenvalue weighted by Gasteiger charge is -2.26. The minimum absolute atomic E-state index is 0.927. The van der Waals surface area contributed by atoms with Crippen molar-refractivity contribution in [2.75, 3.05) is 0 Å². The molecule has 0 radical (unpaired) electrons. The average Bonchev–Trinajstić information content (AvgIpc) is 2.32. The Kier molecular flexibility index (Phi) is 11.1. The van der Waals surface area contributed by atoms with Crippen molar-refractivity contribution in [1.29, 1.82) is 0 Å². The second-order valence-corrected chi connectivity index (χ2v) is 6.12. The first-order valence-electron chi connectivity index (χ1n) is 8.15. The highest BCUT2D eigenvalue weighted by atomic mass is 14.2. The van der Waals surface area contributed by atoms with Crippen molar-refractivity contribution in [1.82, 2.24) is 0 Å². The number of unbranched alkanes of at least 4 members (excludes halogenated alkanes) is 3. The Bertz CT molecular complexity index is 150. The zero-order chi connectivity index (χ0) is 13.1. The molecule has 0 aromatic rings. The fourth-order valence-corrected chi connectivity index (χ4v) is 2.93. The van der Waals surface area contributed by atoms with E-state index in [0.717, 1.165) is 17.8 Å². The van der Waals surface area contributed by atoms with E-state index in [1.54, 1.807) is 0 Å². The molecular formula is C17H36. The summed E-state index contributed by atoms with van der Waals surface area (Å²) in [6.45, 7) is 11.9. The largest absolute Gasteiger partial charge is 0.0654 e. The van der Waals surface area contributed by atoms with Gasteiger partial charge >= 0.3 is 0 Å². The van der Waals surface area contributed by atoms with E-state index < -0.39 is 0 Å². The third-order valence-electron chi connectivity index (χ3n) is 4.36. The van der Waals surface area contributed by atoms with Gasteiger partial charge in [0.25, 0.3) is 0 Å². The Labute approximate surface area is 111 Å². The van der Waals surface area contributed by atoms with Crippen LogP contribution in [0.25, 0.3) is 0 Å². The molecule has 3 unspecified atom stereocenters. The van der Waals surface area contributed by atoms with Gasteiger partial charge in [0, 0.05) is 0 Å². The third kappa shape index (κ3) is 8.69. The van der Waals surface area contributed by atoms with E-state index >= 15 is 0 Å². The second-order valence-electron chi connectivity index (χ2n) is 6.12. The smallest absolute Gasteiger partial charge is 0.0386 e. The molecule has 0 spiro atoms. The van der Waals surface area contributed by atoms with E-state index in [9.17, 15) is 0 Å². The fourth-order valence-electron chi connectivity index (χ4n) is 2.93. The molecule has 0 heterocycles. The zero-order valence-electron chi connectivity index (χ0n) is 13.1. The summed E-state index contributed by atoms with van der Waals surface area (Å²) < 4.78 is 0. The Balaban J connectivity index is 3.96. The molecule has 17 heavy (non-hydrogen) atoms. The van der Waals surface area contributed by atoms with Gasteiger partial charge in [-0.15, -0.1) is 0 Å². The van der Waals surface area contributed by atoms with E-state index in [-0.39, 0.29) is 0 Å². The molecule has 0 amide bonds. The van der Waals surface area contributed by atoms with Crippen molar-refractivity contribution >= 4 is 0 Å². The molecule has 0 aliphatic heterocycles. The Morgan fingerprint density at radius 2 is 1.47 bits per heavy atom. The zero-order valence-corrected chi connectivity index (χ0v) is 13.1. The Morgan fingerprint density at radius 3 is 2.00 bits per heavy atom. The predicted molar refractivity (Wildman–Crippen MR) is 80.4 cm³/mol. The van der Waals surface area contributed by atoms with E-state index in [0.29, 0.717) is 0 Å². The predicted octanol–water partition coefficient (Wildman–Crippen LogP) is 6.45. The molecule has 0 heteroatoms. The van der Waals surface area contributed by atoms with Crippen molar-refractivity contribution in [3.8, 4) is 0 Å². The van der Waals surface area contributed by atoms with Crippen LogP contribution in [0.3, 0.4) is 0 Å². The lowest BCUT2D eigenvalue weighted by Crippen LogP contribution is -2.15. The number of hydrogen-bond donors (Lipinski definition) is 0. The highest BCUT2D eigenvalue weighted by Crippen LogP contribution is 2.29. The molecule has 0 saturated carbocycles. The number of rotatable bonds is 11. The van der Waals surface area contributed by atoms with Gasteiger partial charge in [-0.05, 0) is 24.2 Å². The van der Waals surface area contributed by atoms with Crippen LogP contribution in [-0.4, -0.2) is 0 Å². The monoisotopic (exact) mass is 240 g/mol. The van der Waals surface area contributed by atoms with Crippen LogP contribution >= 0.6 is 0 Å². The van der Waals surface area contributed by atoms with Crippen LogP contribution in [-0.2, 0) is 0 Å². The van der Waals surface area contributed by atoms with E-state index in [4.69, 9.17) is 0 Å². The summed E-state index contributed by atoms with van der Waals surface area (Å²) in [6, 6.07) is 0. The van der Waals surface area contributed by atoms with Gasteiger partial charge in [0.05, 0.1) is 0 Å². The molecule has 0 nitrogen and oxygen atoms in total. The Hall–Kier alpha value is 0. The molecule has 104 valence electrons. The van der Waals surface area contributed by atoms with E-state index in [1.807, 2.05) is 0 Å². The maximum atomic E-state index is 2.46. The quantitative estimate of drug-likeness (QED) is 0.364. The topological polar surface area (TPSA) is 0 Å². The minimum Gasteiger partial charge on any atom is -0.0654 e. The van der Waals surface area contributed by atoms with Crippen LogP contribution < -0.4 is 0 Å². The minimum atomic E-state index is 0.927. The van der Waals surface area contributed by atoms with Crippen molar-refractivity contribution < 1.29 is 0 Å². The van der Waals surface area contributed by atoms with Crippen LogP contribution in [0.15, 0.2) is 0 Å². The molecule has 0 fully saturated rings. The third-order valence-corrected chi connectivity index (χ3v) is 4.36. The lowest BCUT2D eigenvalue weighted by molar-refractivity contribution is 0.254. The first-order chi connectivity index (χ1) is 8.15. The van der Waals surface area contributed by atoms with Gasteiger partial charge in [0.1, 0.15) is 0 Å². The molecule has 0 N–H and O–H groups in total. The first kappa shape index (κ1) is 17.0. The molecule has 0 aliphatic carbocycles. The summed E-state index contributed by atoms with van der Waals surface area (Å²) >= 11 is 0. The maximum Gasteiger partial charge on any atom is -0.0386 e. The summed E-state index contributed by atoms with van der Waals surface area (Å²) in [5.41, 5.74) is 0. The Morgan fingerprint density at radius 1 is 0.765 bits per heavy atom. The van der Waals surface area contributed by atoms with Gasteiger partial charge in [0.15, 0.2) is 0 Å². The second kappa shape index (κ2) is 11.1. The lowest BCUT2D eigenvalue weighted by atomic mass is 9.80. The first-order valence-corrected chi connectivity index (χ1v) is 8.15. The van der Waals surface area contributed by atoms with Crippen LogP contribution in [0.4, 0.5) is 0 Å². The van der Waals surface area contributed by atoms with E-state index in [2.05, 4.69) is 34.6 Å². The molecular weight excluding hydrogens is 204 g/mol. The highest BCUT2D eigenvalue weighted by molar-refractivity contribution is 4.69. The van der Waals surface area contributed by atoms with Crippen LogP contribution in [0, 0.1) is 17.8 Å². The average molecular weight is 240 g/mol. The summed E-state index contributed by atoms with van der Waals surface area (Å²) in [5, 5.41) is 0. The van der Waals surface area contributed by atoms with E-state index in [1.165, 1.54) is 57.8 Å². The molecule has 0 rings (SSSR count).